The van der Waals surface area contributed by atoms with Crippen LogP contribution in [0.3, 0.4) is 0 Å². The lowest BCUT2D eigenvalue weighted by Crippen LogP contribution is -2.10. The van der Waals surface area contributed by atoms with Crippen LogP contribution in [0.5, 0.6) is 0 Å². The molecular formula is C14H19N5OS. The number of aromatic nitrogens is 4. The molecule has 0 saturated carbocycles. The van der Waals surface area contributed by atoms with Crippen LogP contribution in [0.1, 0.15) is 37.4 Å². The third kappa shape index (κ3) is 3.81. The first-order chi connectivity index (χ1) is 10.0. The summed E-state index contributed by atoms with van der Waals surface area (Å²) in [7, 11) is 0. The summed E-state index contributed by atoms with van der Waals surface area (Å²) in [6.07, 6.45) is 2.43. The van der Waals surface area contributed by atoms with Gasteiger partial charge in [-0.15, -0.1) is 0 Å². The Kier molecular flexibility index (Phi) is 4.95. The Morgan fingerprint density at radius 3 is 2.71 bits per heavy atom. The second kappa shape index (κ2) is 6.71. The Hall–Kier alpha value is -1.89. The Morgan fingerprint density at radius 1 is 1.29 bits per heavy atom. The number of H-pyrrole nitrogens is 1. The van der Waals surface area contributed by atoms with Crippen LogP contribution in [-0.4, -0.2) is 19.9 Å². The minimum atomic E-state index is -0.147. The van der Waals surface area contributed by atoms with Crippen LogP contribution in [0.15, 0.2) is 21.0 Å². The summed E-state index contributed by atoms with van der Waals surface area (Å²) in [6.45, 7) is 5.89. The molecule has 2 heterocycles. The predicted molar refractivity (Wildman–Crippen MR) is 83.5 cm³/mol. The van der Waals surface area contributed by atoms with E-state index in [2.05, 4.69) is 26.9 Å². The van der Waals surface area contributed by atoms with Crippen LogP contribution >= 0.6 is 11.8 Å². The predicted octanol–water partition coefficient (Wildman–Crippen LogP) is 2.12. The largest absolute Gasteiger partial charge is 0.383 e. The van der Waals surface area contributed by atoms with Crippen molar-refractivity contribution < 1.29 is 0 Å². The highest BCUT2D eigenvalue weighted by atomic mass is 32.2. The molecule has 0 atom stereocenters. The first-order valence-corrected chi connectivity index (χ1v) is 7.76. The van der Waals surface area contributed by atoms with Crippen molar-refractivity contribution in [2.24, 2.45) is 0 Å². The molecule has 0 aliphatic rings. The van der Waals surface area contributed by atoms with E-state index >= 15 is 0 Å². The number of hydrogen-bond donors (Lipinski definition) is 2. The number of nitrogens with zero attached hydrogens (tertiary/aromatic N) is 3. The van der Waals surface area contributed by atoms with Gasteiger partial charge >= 0.3 is 0 Å². The van der Waals surface area contributed by atoms with E-state index in [-0.39, 0.29) is 5.56 Å². The zero-order valence-corrected chi connectivity index (χ0v) is 13.3. The van der Waals surface area contributed by atoms with Gasteiger partial charge in [0.1, 0.15) is 16.7 Å². The van der Waals surface area contributed by atoms with E-state index in [0.717, 1.165) is 29.1 Å². The molecule has 0 unspecified atom stereocenters. The molecular weight excluding hydrogens is 286 g/mol. The number of hydrogen-bond acceptors (Lipinski definition) is 6. The maximum absolute atomic E-state index is 11.7. The quantitative estimate of drug-likeness (QED) is 0.648. The molecule has 7 heteroatoms. The minimum Gasteiger partial charge on any atom is -0.383 e. The maximum Gasteiger partial charge on any atom is 0.251 e. The lowest BCUT2D eigenvalue weighted by Gasteiger charge is -2.08. The standard InChI is InChI=1S/C14H19N5OS/c1-4-6-9-7-11(20)19-14(16-9)21-13-8(3)12(15)17-10(5-2)18-13/h7H,4-6H2,1-3H3,(H2,15,17,18)(H,16,19,20). The van der Waals surface area contributed by atoms with Crippen molar-refractivity contribution in [3.05, 3.63) is 33.5 Å². The SMILES string of the molecule is CCCc1cc(=O)[nH]c(Sc2nc(CC)nc(N)c2C)n1. The number of rotatable bonds is 5. The summed E-state index contributed by atoms with van der Waals surface area (Å²) in [6, 6.07) is 1.53. The van der Waals surface area contributed by atoms with E-state index in [4.69, 9.17) is 5.73 Å². The fourth-order valence-corrected chi connectivity index (χ4v) is 2.73. The third-order valence-corrected chi connectivity index (χ3v) is 3.95. The molecule has 6 nitrogen and oxygen atoms in total. The van der Waals surface area contributed by atoms with Gasteiger partial charge < -0.3 is 10.7 Å². The van der Waals surface area contributed by atoms with Crippen molar-refractivity contribution in [3.63, 3.8) is 0 Å². The van der Waals surface area contributed by atoms with E-state index in [9.17, 15) is 4.79 Å². The van der Waals surface area contributed by atoms with Gasteiger partial charge in [-0.05, 0) is 25.1 Å². The van der Waals surface area contributed by atoms with Gasteiger partial charge in [0.2, 0.25) is 0 Å². The zero-order valence-electron chi connectivity index (χ0n) is 12.4. The summed E-state index contributed by atoms with van der Waals surface area (Å²) >= 11 is 1.31. The van der Waals surface area contributed by atoms with Crippen LogP contribution in [0.25, 0.3) is 0 Å². The van der Waals surface area contributed by atoms with E-state index in [1.54, 1.807) is 0 Å². The fourth-order valence-electron chi connectivity index (χ4n) is 1.82. The Balaban J connectivity index is 2.38. The number of nitrogens with two attached hydrogens (primary N) is 1. The third-order valence-electron chi connectivity index (χ3n) is 2.97. The van der Waals surface area contributed by atoms with Crippen molar-refractivity contribution >= 4 is 17.6 Å². The first kappa shape index (κ1) is 15.5. The maximum atomic E-state index is 11.7. The molecule has 21 heavy (non-hydrogen) atoms. The monoisotopic (exact) mass is 305 g/mol. The highest BCUT2D eigenvalue weighted by molar-refractivity contribution is 7.99. The Labute approximate surface area is 127 Å². The molecule has 0 aliphatic carbocycles. The van der Waals surface area contributed by atoms with Crippen LogP contribution in [0, 0.1) is 6.92 Å². The van der Waals surface area contributed by atoms with Gasteiger partial charge in [-0.1, -0.05) is 20.3 Å². The molecule has 0 radical (unpaired) electrons. The second-order valence-corrected chi connectivity index (χ2v) is 5.68. The van der Waals surface area contributed by atoms with Gasteiger partial charge in [0.25, 0.3) is 5.56 Å². The smallest absolute Gasteiger partial charge is 0.251 e. The fraction of sp³-hybridized carbons (Fsp3) is 0.429. The van der Waals surface area contributed by atoms with Gasteiger partial charge in [-0.3, -0.25) is 4.79 Å². The summed E-state index contributed by atoms with van der Waals surface area (Å²) in [5.74, 6) is 1.16. The number of nitrogens with one attached hydrogen (secondary N) is 1. The molecule has 0 aromatic carbocycles. The molecule has 2 aromatic heterocycles. The number of aromatic amines is 1. The van der Waals surface area contributed by atoms with E-state index < -0.39 is 0 Å². The molecule has 112 valence electrons. The molecule has 3 N–H and O–H groups in total. The van der Waals surface area contributed by atoms with Gasteiger partial charge in [-0.25, -0.2) is 15.0 Å². The van der Waals surface area contributed by atoms with E-state index in [1.807, 2.05) is 13.8 Å². The van der Waals surface area contributed by atoms with Crippen LogP contribution < -0.4 is 11.3 Å². The molecule has 0 fully saturated rings. The summed E-state index contributed by atoms with van der Waals surface area (Å²) in [5.41, 5.74) is 7.35. The average Bonchev–Trinajstić information content (AvgIpc) is 2.43. The number of aryl methyl sites for hydroxylation is 2. The van der Waals surface area contributed by atoms with Crippen LogP contribution in [-0.2, 0) is 12.8 Å². The molecule has 0 saturated heterocycles. The molecule has 0 amide bonds. The Bertz CT molecular complexity index is 698. The van der Waals surface area contributed by atoms with Crippen molar-refractivity contribution in [1.29, 1.82) is 0 Å². The van der Waals surface area contributed by atoms with Gasteiger partial charge in [-0.2, -0.15) is 0 Å². The topological polar surface area (TPSA) is 97.5 Å². The van der Waals surface area contributed by atoms with Crippen molar-refractivity contribution in [1.82, 2.24) is 19.9 Å². The number of nitrogen functional groups attached to an aromatic ring is 1. The van der Waals surface area contributed by atoms with E-state index in [1.165, 1.54) is 17.8 Å². The first-order valence-electron chi connectivity index (χ1n) is 6.94. The summed E-state index contributed by atoms with van der Waals surface area (Å²) in [5, 5.41) is 1.27. The summed E-state index contributed by atoms with van der Waals surface area (Å²) < 4.78 is 0. The molecule has 2 aromatic rings. The molecule has 0 bridgehead atoms. The van der Waals surface area contributed by atoms with E-state index in [0.29, 0.717) is 23.2 Å². The normalized spacial score (nSPS) is 10.8. The van der Waals surface area contributed by atoms with Crippen molar-refractivity contribution in [2.75, 3.05) is 5.73 Å². The lowest BCUT2D eigenvalue weighted by molar-refractivity contribution is 0.812. The zero-order chi connectivity index (χ0) is 15.4. The summed E-state index contributed by atoms with van der Waals surface area (Å²) in [4.78, 5) is 27.6. The second-order valence-electron chi connectivity index (χ2n) is 4.70. The van der Waals surface area contributed by atoms with Crippen molar-refractivity contribution in [2.45, 2.75) is 50.2 Å². The molecule has 2 rings (SSSR count). The highest BCUT2D eigenvalue weighted by Crippen LogP contribution is 2.27. The highest BCUT2D eigenvalue weighted by Gasteiger charge is 2.11. The Morgan fingerprint density at radius 2 is 2.05 bits per heavy atom. The molecule has 0 spiro atoms. The lowest BCUT2D eigenvalue weighted by atomic mass is 10.2. The van der Waals surface area contributed by atoms with Gasteiger partial charge in [0, 0.05) is 23.7 Å². The minimum absolute atomic E-state index is 0.147. The van der Waals surface area contributed by atoms with Crippen molar-refractivity contribution in [3.8, 4) is 0 Å². The number of anilines is 1. The van der Waals surface area contributed by atoms with Crippen LogP contribution in [0.2, 0.25) is 0 Å². The van der Waals surface area contributed by atoms with Gasteiger partial charge in [0.15, 0.2) is 5.16 Å². The van der Waals surface area contributed by atoms with Gasteiger partial charge in [0.05, 0.1) is 0 Å². The molecule has 0 aliphatic heterocycles. The average molecular weight is 305 g/mol. The van der Waals surface area contributed by atoms with Crippen LogP contribution in [0.4, 0.5) is 5.82 Å².